The molecule has 0 spiro atoms. The molecular formula is C12H22O3. The van der Waals surface area contributed by atoms with Gasteiger partial charge in [-0.25, -0.2) is 0 Å². The van der Waals surface area contributed by atoms with Crippen LogP contribution in [0.15, 0.2) is 12.7 Å². The molecule has 0 heterocycles. The van der Waals surface area contributed by atoms with Gasteiger partial charge in [0.25, 0.3) is 0 Å². The van der Waals surface area contributed by atoms with Crippen molar-refractivity contribution in [1.29, 1.82) is 0 Å². The normalized spacial score (nSPS) is 35.1. The Morgan fingerprint density at radius 2 is 2.00 bits per heavy atom. The molecule has 3 heteroatoms. The van der Waals surface area contributed by atoms with Gasteiger partial charge in [0.05, 0.1) is 18.3 Å². The lowest BCUT2D eigenvalue weighted by atomic mass is 9.83. The van der Waals surface area contributed by atoms with Crippen molar-refractivity contribution in [2.45, 2.75) is 50.9 Å². The van der Waals surface area contributed by atoms with Gasteiger partial charge in [-0.3, -0.25) is 0 Å². The molecule has 0 amide bonds. The Morgan fingerprint density at radius 1 is 1.33 bits per heavy atom. The smallest absolute Gasteiger partial charge is 0.0630 e. The number of rotatable bonds is 5. The van der Waals surface area contributed by atoms with Crippen LogP contribution in [0.25, 0.3) is 0 Å². The van der Waals surface area contributed by atoms with Gasteiger partial charge < -0.3 is 15.3 Å². The molecule has 0 aromatic rings. The van der Waals surface area contributed by atoms with E-state index in [2.05, 4.69) is 6.58 Å². The predicted molar refractivity (Wildman–Crippen MR) is 59.3 cm³/mol. The number of aliphatic hydroxyl groups is 3. The van der Waals surface area contributed by atoms with Crippen LogP contribution in [0.5, 0.6) is 0 Å². The van der Waals surface area contributed by atoms with Gasteiger partial charge in [-0.15, -0.1) is 6.58 Å². The lowest BCUT2D eigenvalue weighted by molar-refractivity contribution is -0.0217. The summed E-state index contributed by atoms with van der Waals surface area (Å²) in [5.41, 5.74) is 0. The number of hydrogen-bond acceptors (Lipinski definition) is 3. The molecule has 1 fully saturated rings. The summed E-state index contributed by atoms with van der Waals surface area (Å²) in [6, 6.07) is 0. The maximum Gasteiger partial charge on any atom is 0.0630 e. The third kappa shape index (κ3) is 2.80. The Labute approximate surface area is 91.4 Å². The average molecular weight is 214 g/mol. The van der Waals surface area contributed by atoms with Crippen molar-refractivity contribution in [1.82, 2.24) is 0 Å². The van der Waals surface area contributed by atoms with Crippen molar-refractivity contribution in [3.63, 3.8) is 0 Å². The van der Waals surface area contributed by atoms with Crippen molar-refractivity contribution in [2.24, 2.45) is 11.8 Å². The zero-order valence-electron chi connectivity index (χ0n) is 9.34. The Hall–Kier alpha value is -0.380. The van der Waals surface area contributed by atoms with Crippen LogP contribution in [-0.2, 0) is 0 Å². The van der Waals surface area contributed by atoms with Crippen LogP contribution < -0.4 is 0 Å². The quantitative estimate of drug-likeness (QED) is 0.600. The summed E-state index contributed by atoms with van der Waals surface area (Å²) in [5, 5.41) is 29.5. The van der Waals surface area contributed by atoms with E-state index in [1.54, 1.807) is 6.08 Å². The summed E-state index contributed by atoms with van der Waals surface area (Å²) in [4.78, 5) is 0. The minimum atomic E-state index is -0.578. The first kappa shape index (κ1) is 12.7. The molecule has 0 saturated heterocycles. The van der Waals surface area contributed by atoms with Crippen LogP contribution in [0.1, 0.15) is 32.6 Å². The zero-order valence-corrected chi connectivity index (χ0v) is 9.34. The monoisotopic (exact) mass is 214 g/mol. The van der Waals surface area contributed by atoms with E-state index >= 15 is 0 Å². The second kappa shape index (κ2) is 5.64. The molecule has 1 aliphatic rings. The number of hydrogen-bond donors (Lipinski definition) is 3. The van der Waals surface area contributed by atoms with Gasteiger partial charge in [0.15, 0.2) is 0 Å². The SMILES string of the molecule is C=CC[C@H](O)[C@@H]1C([C@@H](O)CC)CC[C@@H]1O. The van der Waals surface area contributed by atoms with Crippen LogP contribution in [0.4, 0.5) is 0 Å². The molecule has 0 aliphatic heterocycles. The Kier molecular flexibility index (Phi) is 4.77. The van der Waals surface area contributed by atoms with Gasteiger partial charge in [-0.05, 0) is 31.6 Å². The molecular weight excluding hydrogens is 192 g/mol. The van der Waals surface area contributed by atoms with E-state index in [9.17, 15) is 15.3 Å². The molecule has 0 radical (unpaired) electrons. The lowest BCUT2D eigenvalue weighted by Crippen LogP contribution is -2.36. The van der Waals surface area contributed by atoms with Crippen LogP contribution in [0.2, 0.25) is 0 Å². The van der Waals surface area contributed by atoms with Gasteiger partial charge in [0, 0.05) is 5.92 Å². The number of aliphatic hydroxyl groups excluding tert-OH is 3. The van der Waals surface area contributed by atoms with Crippen LogP contribution in [-0.4, -0.2) is 33.6 Å². The minimum Gasteiger partial charge on any atom is -0.393 e. The van der Waals surface area contributed by atoms with E-state index in [0.717, 1.165) is 6.42 Å². The minimum absolute atomic E-state index is 0.0277. The molecule has 88 valence electrons. The Bertz CT molecular complexity index is 205. The van der Waals surface area contributed by atoms with Gasteiger partial charge in [0.1, 0.15) is 0 Å². The summed E-state index contributed by atoms with van der Waals surface area (Å²) in [6.45, 7) is 5.51. The summed E-state index contributed by atoms with van der Waals surface area (Å²) in [5.74, 6) is -0.169. The van der Waals surface area contributed by atoms with E-state index < -0.39 is 18.3 Å². The molecule has 15 heavy (non-hydrogen) atoms. The maximum absolute atomic E-state index is 9.89. The molecule has 3 nitrogen and oxygen atoms in total. The van der Waals surface area contributed by atoms with Crippen molar-refractivity contribution in [3.05, 3.63) is 12.7 Å². The van der Waals surface area contributed by atoms with Gasteiger partial charge in [-0.2, -0.15) is 0 Å². The van der Waals surface area contributed by atoms with Gasteiger partial charge in [0.2, 0.25) is 0 Å². The van der Waals surface area contributed by atoms with Crippen molar-refractivity contribution in [3.8, 4) is 0 Å². The first-order valence-corrected chi connectivity index (χ1v) is 5.76. The van der Waals surface area contributed by atoms with E-state index in [1.807, 2.05) is 6.92 Å². The molecule has 1 aliphatic carbocycles. The largest absolute Gasteiger partial charge is 0.393 e. The topological polar surface area (TPSA) is 60.7 Å². The van der Waals surface area contributed by atoms with Gasteiger partial charge >= 0.3 is 0 Å². The van der Waals surface area contributed by atoms with E-state index in [0.29, 0.717) is 19.3 Å². The van der Waals surface area contributed by atoms with Crippen LogP contribution >= 0.6 is 0 Å². The van der Waals surface area contributed by atoms with Gasteiger partial charge in [-0.1, -0.05) is 13.0 Å². The third-order valence-corrected chi connectivity index (χ3v) is 3.50. The first-order chi connectivity index (χ1) is 7.11. The standard InChI is InChI=1S/C12H22O3/c1-3-5-10(14)12-8(9(13)4-2)6-7-11(12)15/h3,8-15H,1,4-7H2,2H3/t8?,9-,10-,11-,12-/m0/s1. The van der Waals surface area contributed by atoms with E-state index in [4.69, 9.17) is 0 Å². The molecule has 1 unspecified atom stereocenters. The highest BCUT2D eigenvalue weighted by atomic mass is 16.3. The first-order valence-electron chi connectivity index (χ1n) is 5.76. The molecule has 0 bridgehead atoms. The Balaban J connectivity index is 2.67. The average Bonchev–Trinajstić information content (AvgIpc) is 2.59. The maximum atomic E-state index is 9.89. The summed E-state index contributed by atoms with van der Waals surface area (Å²) >= 11 is 0. The van der Waals surface area contributed by atoms with Crippen molar-refractivity contribution < 1.29 is 15.3 Å². The second-order valence-corrected chi connectivity index (χ2v) is 4.45. The van der Waals surface area contributed by atoms with E-state index in [-0.39, 0.29) is 11.8 Å². The summed E-state index contributed by atoms with van der Waals surface area (Å²) in [6.07, 6.45) is 2.83. The van der Waals surface area contributed by atoms with Crippen LogP contribution in [0, 0.1) is 11.8 Å². The fourth-order valence-corrected chi connectivity index (χ4v) is 2.65. The highest BCUT2D eigenvalue weighted by molar-refractivity contribution is 4.93. The highest BCUT2D eigenvalue weighted by Gasteiger charge is 2.41. The lowest BCUT2D eigenvalue weighted by Gasteiger charge is -2.29. The van der Waals surface area contributed by atoms with Crippen molar-refractivity contribution >= 4 is 0 Å². The second-order valence-electron chi connectivity index (χ2n) is 4.45. The molecule has 0 aromatic heterocycles. The highest BCUT2D eigenvalue weighted by Crippen LogP contribution is 2.38. The summed E-state index contributed by atoms with van der Waals surface area (Å²) in [7, 11) is 0. The van der Waals surface area contributed by atoms with E-state index in [1.165, 1.54) is 0 Å². The fourth-order valence-electron chi connectivity index (χ4n) is 2.65. The zero-order chi connectivity index (χ0) is 11.4. The molecule has 0 aromatic carbocycles. The fraction of sp³-hybridized carbons (Fsp3) is 0.833. The molecule has 1 saturated carbocycles. The van der Waals surface area contributed by atoms with Crippen molar-refractivity contribution in [2.75, 3.05) is 0 Å². The molecule has 5 atom stereocenters. The molecule has 3 N–H and O–H groups in total. The molecule has 1 rings (SSSR count). The van der Waals surface area contributed by atoms with Crippen LogP contribution in [0.3, 0.4) is 0 Å². The Morgan fingerprint density at radius 3 is 2.53 bits per heavy atom. The predicted octanol–water partition coefficient (Wildman–Crippen LogP) is 1.08. The third-order valence-electron chi connectivity index (χ3n) is 3.50. The summed E-state index contributed by atoms with van der Waals surface area (Å²) < 4.78 is 0.